The first-order valence-electron chi connectivity index (χ1n) is 10.3. The summed E-state index contributed by atoms with van der Waals surface area (Å²) in [5, 5.41) is 3.48. The van der Waals surface area contributed by atoms with Crippen molar-refractivity contribution in [2.45, 2.75) is 58.9 Å². The summed E-state index contributed by atoms with van der Waals surface area (Å²) in [6, 6.07) is 11.7. The van der Waals surface area contributed by atoms with Gasteiger partial charge in [-0.25, -0.2) is 0 Å². The van der Waals surface area contributed by atoms with Gasteiger partial charge in [-0.05, 0) is 68.9 Å². The van der Waals surface area contributed by atoms with Gasteiger partial charge in [-0.2, -0.15) is 0 Å². The van der Waals surface area contributed by atoms with Gasteiger partial charge in [-0.3, -0.25) is 4.98 Å². The first-order chi connectivity index (χ1) is 13.1. The highest BCUT2D eigenvalue weighted by Gasteiger charge is 2.19. The minimum atomic E-state index is 0.554. The molecule has 0 radical (unpaired) electrons. The molecular weight excluding hydrogens is 330 g/mol. The molecule has 144 valence electrons. The SMILES string of the molecule is C=C(C)NC1CCN(c2ccnc(-c3ccc(CCCC)c(C)c3)c2)CC1. The van der Waals surface area contributed by atoms with Crippen molar-refractivity contribution < 1.29 is 0 Å². The molecule has 27 heavy (non-hydrogen) atoms. The van der Waals surface area contributed by atoms with E-state index in [9.17, 15) is 0 Å². The largest absolute Gasteiger partial charge is 0.386 e. The van der Waals surface area contributed by atoms with E-state index in [-0.39, 0.29) is 0 Å². The number of piperidine rings is 1. The molecule has 0 spiro atoms. The third-order valence-electron chi connectivity index (χ3n) is 5.49. The van der Waals surface area contributed by atoms with Crippen LogP contribution in [0.15, 0.2) is 48.8 Å². The van der Waals surface area contributed by atoms with Gasteiger partial charge in [0.2, 0.25) is 0 Å². The molecule has 1 fully saturated rings. The average molecular weight is 364 g/mol. The Morgan fingerprint density at radius 2 is 2.00 bits per heavy atom. The summed E-state index contributed by atoms with van der Waals surface area (Å²) in [4.78, 5) is 7.12. The van der Waals surface area contributed by atoms with Crippen molar-refractivity contribution in [2.75, 3.05) is 18.0 Å². The lowest BCUT2D eigenvalue weighted by atomic mass is 9.99. The molecule has 1 aromatic carbocycles. The van der Waals surface area contributed by atoms with Gasteiger partial charge in [0.15, 0.2) is 0 Å². The van der Waals surface area contributed by atoms with Crippen molar-refractivity contribution in [3.63, 3.8) is 0 Å². The topological polar surface area (TPSA) is 28.2 Å². The Hall–Kier alpha value is -2.29. The molecule has 3 rings (SSSR count). The zero-order valence-corrected chi connectivity index (χ0v) is 17.1. The lowest BCUT2D eigenvalue weighted by molar-refractivity contribution is 0.445. The summed E-state index contributed by atoms with van der Waals surface area (Å²) >= 11 is 0. The molecule has 1 saturated heterocycles. The number of hydrogen-bond donors (Lipinski definition) is 1. The first-order valence-corrected chi connectivity index (χ1v) is 10.3. The van der Waals surface area contributed by atoms with Crippen LogP contribution in [0.25, 0.3) is 11.3 Å². The molecule has 1 aromatic heterocycles. The summed E-state index contributed by atoms with van der Waals surface area (Å²) in [7, 11) is 0. The highest BCUT2D eigenvalue weighted by atomic mass is 15.1. The molecule has 0 saturated carbocycles. The van der Waals surface area contributed by atoms with Crippen LogP contribution in [0.3, 0.4) is 0 Å². The van der Waals surface area contributed by atoms with E-state index in [0.29, 0.717) is 6.04 Å². The molecule has 1 aliphatic rings. The van der Waals surface area contributed by atoms with E-state index in [1.807, 2.05) is 13.1 Å². The third kappa shape index (κ3) is 5.12. The second-order valence-corrected chi connectivity index (χ2v) is 7.83. The van der Waals surface area contributed by atoms with Crippen LogP contribution in [0.1, 0.15) is 50.7 Å². The van der Waals surface area contributed by atoms with Crippen LogP contribution in [0, 0.1) is 6.92 Å². The Balaban J connectivity index is 1.71. The third-order valence-corrected chi connectivity index (χ3v) is 5.49. The highest BCUT2D eigenvalue weighted by molar-refractivity contribution is 5.65. The van der Waals surface area contributed by atoms with E-state index in [2.05, 4.69) is 66.0 Å². The smallest absolute Gasteiger partial charge is 0.0722 e. The summed E-state index contributed by atoms with van der Waals surface area (Å²) in [5.74, 6) is 0. The van der Waals surface area contributed by atoms with Crippen LogP contribution in [-0.4, -0.2) is 24.1 Å². The van der Waals surface area contributed by atoms with Crippen LogP contribution in [0.4, 0.5) is 5.69 Å². The van der Waals surface area contributed by atoms with E-state index >= 15 is 0 Å². The Morgan fingerprint density at radius 1 is 1.22 bits per heavy atom. The van der Waals surface area contributed by atoms with E-state index < -0.39 is 0 Å². The minimum absolute atomic E-state index is 0.554. The Labute approximate surface area is 164 Å². The molecule has 0 amide bonds. The highest BCUT2D eigenvalue weighted by Crippen LogP contribution is 2.27. The molecule has 2 heterocycles. The number of pyridine rings is 1. The average Bonchev–Trinajstić information content (AvgIpc) is 2.67. The monoisotopic (exact) mass is 363 g/mol. The number of anilines is 1. The van der Waals surface area contributed by atoms with Crippen molar-refractivity contribution in [3.05, 3.63) is 59.9 Å². The normalized spacial score (nSPS) is 15.0. The molecule has 3 heteroatoms. The summed E-state index contributed by atoms with van der Waals surface area (Å²) in [6.45, 7) is 12.6. The van der Waals surface area contributed by atoms with Crippen molar-refractivity contribution in [1.82, 2.24) is 10.3 Å². The molecule has 0 bridgehead atoms. The van der Waals surface area contributed by atoms with Gasteiger partial charge in [0, 0.05) is 42.3 Å². The van der Waals surface area contributed by atoms with Crippen molar-refractivity contribution in [3.8, 4) is 11.3 Å². The maximum atomic E-state index is 4.64. The number of allylic oxidation sites excluding steroid dienone is 1. The fraction of sp³-hybridized carbons (Fsp3) is 0.458. The van der Waals surface area contributed by atoms with Gasteiger partial charge in [-0.15, -0.1) is 0 Å². The lowest BCUT2D eigenvalue weighted by Crippen LogP contribution is -2.41. The molecule has 0 unspecified atom stereocenters. The van der Waals surface area contributed by atoms with E-state index in [0.717, 1.165) is 37.3 Å². The number of aryl methyl sites for hydroxylation is 2. The van der Waals surface area contributed by atoms with Crippen LogP contribution < -0.4 is 10.2 Å². The summed E-state index contributed by atoms with van der Waals surface area (Å²) in [6.07, 6.45) is 7.91. The first kappa shape index (κ1) is 19.5. The fourth-order valence-corrected chi connectivity index (χ4v) is 3.91. The van der Waals surface area contributed by atoms with Crippen LogP contribution in [0.5, 0.6) is 0 Å². The number of nitrogens with zero attached hydrogens (tertiary/aromatic N) is 2. The van der Waals surface area contributed by atoms with Crippen molar-refractivity contribution in [2.24, 2.45) is 0 Å². The molecule has 1 N–H and O–H groups in total. The number of rotatable bonds is 7. The Kier molecular flexibility index (Phi) is 6.54. The van der Waals surface area contributed by atoms with E-state index in [4.69, 9.17) is 0 Å². The fourth-order valence-electron chi connectivity index (χ4n) is 3.91. The minimum Gasteiger partial charge on any atom is -0.386 e. The Bertz CT molecular complexity index is 773. The molecule has 2 aromatic rings. The predicted octanol–water partition coefficient (Wildman–Crippen LogP) is 5.49. The van der Waals surface area contributed by atoms with Gasteiger partial charge >= 0.3 is 0 Å². The summed E-state index contributed by atoms with van der Waals surface area (Å²) in [5.41, 5.74) is 7.47. The zero-order chi connectivity index (χ0) is 19.2. The Morgan fingerprint density at radius 3 is 2.67 bits per heavy atom. The standard InChI is InChI=1S/C24H33N3/c1-5-6-7-20-8-9-21(16-19(20)4)24-17-23(10-13-25-24)27-14-11-22(12-15-27)26-18(2)3/h8-10,13,16-17,22,26H,2,5-7,11-12,14-15H2,1,3-4H3. The maximum absolute atomic E-state index is 4.64. The second-order valence-electron chi connectivity index (χ2n) is 7.83. The maximum Gasteiger partial charge on any atom is 0.0722 e. The van der Waals surface area contributed by atoms with Gasteiger partial charge in [-0.1, -0.05) is 32.1 Å². The number of aromatic nitrogens is 1. The van der Waals surface area contributed by atoms with Crippen LogP contribution in [0.2, 0.25) is 0 Å². The van der Waals surface area contributed by atoms with E-state index in [1.165, 1.54) is 41.6 Å². The number of hydrogen-bond acceptors (Lipinski definition) is 3. The van der Waals surface area contributed by atoms with Crippen molar-refractivity contribution >= 4 is 5.69 Å². The van der Waals surface area contributed by atoms with Gasteiger partial charge < -0.3 is 10.2 Å². The van der Waals surface area contributed by atoms with Crippen LogP contribution in [-0.2, 0) is 6.42 Å². The molecule has 0 atom stereocenters. The molecule has 3 nitrogen and oxygen atoms in total. The summed E-state index contributed by atoms with van der Waals surface area (Å²) < 4.78 is 0. The van der Waals surface area contributed by atoms with E-state index in [1.54, 1.807) is 0 Å². The molecular formula is C24H33N3. The molecule has 1 aliphatic heterocycles. The number of unbranched alkanes of at least 4 members (excludes halogenated alkanes) is 1. The zero-order valence-electron chi connectivity index (χ0n) is 17.1. The van der Waals surface area contributed by atoms with Crippen molar-refractivity contribution in [1.29, 1.82) is 0 Å². The van der Waals surface area contributed by atoms with Gasteiger partial charge in [0.1, 0.15) is 0 Å². The van der Waals surface area contributed by atoms with Crippen LogP contribution >= 0.6 is 0 Å². The quantitative estimate of drug-likeness (QED) is 0.705. The van der Waals surface area contributed by atoms with Gasteiger partial charge in [0.05, 0.1) is 5.69 Å². The predicted molar refractivity (Wildman–Crippen MR) is 116 cm³/mol. The number of benzene rings is 1. The second kappa shape index (κ2) is 9.07. The lowest BCUT2D eigenvalue weighted by Gasteiger charge is -2.34. The van der Waals surface area contributed by atoms with Gasteiger partial charge in [0.25, 0.3) is 0 Å². The number of nitrogens with one attached hydrogen (secondary N) is 1. The molecule has 0 aliphatic carbocycles.